The van der Waals surface area contributed by atoms with Gasteiger partial charge in [0.2, 0.25) is 0 Å². The van der Waals surface area contributed by atoms with Crippen molar-refractivity contribution in [2.24, 2.45) is 5.73 Å². The minimum atomic E-state index is -0.409. The molecule has 0 bridgehead atoms. The summed E-state index contributed by atoms with van der Waals surface area (Å²) in [5.41, 5.74) is 8.91. The van der Waals surface area contributed by atoms with Crippen molar-refractivity contribution in [1.82, 2.24) is 10.3 Å². The first-order valence-electron chi connectivity index (χ1n) is 9.92. The molecular formula is C21H31N3O2. The van der Waals surface area contributed by atoms with E-state index in [0.29, 0.717) is 31.0 Å². The van der Waals surface area contributed by atoms with Gasteiger partial charge in [-0.2, -0.15) is 0 Å². The van der Waals surface area contributed by atoms with E-state index < -0.39 is 6.10 Å². The van der Waals surface area contributed by atoms with Crippen LogP contribution in [0.3, 0.4) is 0 Å². The number of nitrogens with one attached hydrogen (secondary N) is 2. The molecule has 1 saturated carbocycles. The average molecular weight is 357 g/mol. The summed E-state index contributed by atoms with van der Waals surface area (Å²) in [7, 11) is 0. The fourth-order valence-corrected chi connectivity index (χ4v) is 4.07. The van der Waals surface area contributed by atoms with E-state index in [9.17, 15) is 9.90 Å². The first-order chi connectivity index (χ1) is 12.6. The summed E-state index contributed by atoms with van der Waals surface area (Å²) in [6.45, 7) is 2.30. The summed E-state index contributed by atoms with van der Waals surface area (Å²) in [6, 6.07) is 7.92. The quantitative estimate of drug-likeness (QED) is 0.612. The third-order valence-corrected chi connectivity index (χ3v) is 5.56. The molecule has 5 heteroatoms. The summed E-state index contributed by atoms with van der Waals surface area (Å²) in [4.78, 5) is 16.2. The lowest BCUT2D eigenvalue weighted by Gasteiger charge is -2.23. The minimum Gasteiger partial charge on any atom is -0.393 e. The summed E-state index contributed by atoms with van der Waals surface area (Å²) >= 11 is 0. The van der Waals surface area contributed by atoms with E-state index in [1.165, 1.54) is 24.8 Å². The van der Waals surface area contributed by atoms with E-state index in [0.717, 1.165) is 23.7 Å². The van der Waals surface area contributed by atoms with Gasteiger partial charge in [0.25, 0.3) is 5.91 Å². The molecule has 0 spiro atoms. The number of benzene rings is 1. The second kappa shape index (κ2) is 8.69. The Morgan fingerprint density at radius 2 is 2.04 bits per heavy atom. The second-order valence-corrected chi connectivity index (χ2v) is 7.56. The normalized spacial score (nSPS) is 18.0. The van der Waals surface area contributed by atoms with Crippen LogP contribution in [0.4, 0.5) is 0 Å². The van der Waals surface area contributed by atoms with Crippen LogP contribution < -0.4 is 11.1 Å². The Morgan fingerprint density at radius 3 is 2.77 bits per heavy atom. The van der Waals surface area contributed by atoms with Gasteiger partial charge in [0.05, 0.1) is 6.10 Å². The minimum absolute atomic E-state index is 0.0942. The number of para-hydroxylation sites is 1. The largest absolute Gasteiger partial charge is 0.393 e. The fraction of sp³-hybridized carbons (Fsp3) is 0.571. The highest BCUT2D eigenvalue weighted by Crippen LogP contribution is 2.38. The standard InChI is InChI=1S/C21H31N3O2/c1-2-16(25)12-15(22)13-23-21(26)20-19(14-8-4-3-5-9-14)17-10-6-7-11-18(17)24-20/h6-7,10-11,14-16,24-25H,2-5,8-9,12-13,22H2,1H3,(H,23,26)/t15-,16?/m0/s1. The molecule has 5 nitrogen and oxygen atoms in total. The van der Waals surface area contributed by atoms with Gasteiger partial charge < -0.3 is 21.1 Å². The molecule has 3 rings (SSSR count). The lowest BCUT2D eigenvalue weighted by atomic mass is 9.82. The van der Waals surface area contributed by atoms with Gasteiger partial charge in [-0.1, -0.05) is 44.4 Å². The predicted octanol–water partition coefficient (Wildman–Crippen LogP) is 3.43. The van der Waals surface area contributed by atoms with Crippen LogP contribution in [-0.2, 0) is 0 Å². The number of carbonyl (C=O) groups is 1. The topological polar surface area (TPSA) is 91.1 Å². The van der Waals surface area contributed by atoms with Crippen molar-refractivity contribution in [3.8, 4) is 0 Å². The van der Waals surface area contributed by atoms with Crippen molar-refractivity contribution in [2.75, 3.05) is 6.54 Å². The molecule has 0 aliphatic heterocycles. The smallest absolute Gasteiger partial charge is 0.268 e. The van der Waals surface area contributed by atoms with Gasteiger partial charge in [0, 0.05) is 23.5 Å². The van der Waals surface area contributed by atoms with Gasteiger partial charge in [-0.15, -0.1) is 0 Å². The molecule has 2 atom stereocenters. The molecule has 0 radical (unpaired) electrons. The van der Waals surface area contributed by atoms with Crippen molar-refractivity contribution in [3.05, 3.63) is 35.5 Å². The maximum absolute atomic E-state index is 12.9. The number of H-pyrrole nitrogens is 1. The van der Waals surface area contributed by atoms with Crippen LogP contribution in [0.2, 0.25) is 0 Å². The molecule has 1 aliphatic rings. The van der Waals surface area contributed by atoms with E-state index in [-0.39, 0.29) is 11.9 Å². The Labute approximate surface area is 155 Å². The van der Waals surface area contributed by atoms with Crippen LogP contribution in [0.1, 0.15) is 73.8 Å². The molecular weight excluding hydrogens is 326 g/mol. The first-order valence-corrected chi connectivity index (χ1v) is 9.92. The number of aromatic nitrogens is 1. The van der Waals surface area contributed by atoms with E-state index in [1.54, 1.807) is 0 Å². The fourth-order valence-electron chi connectivity index (χ4n) is 4.07. The van der Waals surface area contributed by atoms with Gasteiger partial charge in [-0.25, -0.2) is 0 Å². The molecule has 26 heavy (non-hydrogen) atoms. The molecule has 1 aliphatic carbocycles. The van der Waals surface area contributed by atoms with Crippen LogP contribution in [0, 0.1) is 0 Å². The monoisotopic (exact) mass is 357 g/mol. The van der Waals surface area contributed by atoms with E-state index in [4.69, 9.17) is 5.73 Å². The number of fused-ring (bicyclic) bond motifs is 1. The van der Waals surface area contributed by atoms with Gasteiger partial charge in [-0.05, 0) is 43.2 Å². The molecule has 1 heterocycles. The Hall–Kier alpha value is -1.85. The van der Waals surface area contributed by atoms with Crippen molar-refractivity contribution < 1.29 is 9.90 Å². The Morgan fingerprint density at radius 1 is 1.31 bits per heavy atom. The van der Waals surface area contributed by atoms with Crippen LogP contribution in [0.15, 0.2) is 24.3 Å². The Balaban J connectivity index is 1.78. The highest BCUT2D eigenvalue weighted by atomic mass is 16.3. The van der Waals surface area contributed by atoms with E-state index in [2.05, 4.69) is 16.4 Å². The zero-order chi connectivity index (χ0) is 18.5. The predicted molar refractivity (Wildman–Crippen MR) is 105 cm³/mol. The third-order valence-electron chi connectivity index (χ3n) is 5.56. The summed E-state index contributed by atoms with van der Waals surface area (Å²) in [6.07, 6.45) is 6.79. The van der Waals surface area contributed by atoms with E-state index >= 15 is 0 Å². The number of carbonyl (C=O) groups excluding carboxylic acids is 1. The van der Waals surface area contributed by atoms with E-state index in [1.807, 2.05) is 25.1 Å². The van der Waals surface area contributed by atoms with Gasteiger partial charge in [0.1, 0.15) is 5.69 Å². The number of rotatable bonds is 7. The van der Waals surface area contributed by atoms with Crippen LogP contribution in [-0.4, -0.2) is 34.7 Å². The molecule has 2 aromatic rings. The number of aromatic amines is 1. The number of nitrogens with two attached hydrogens (primary N) is 1. The number of amides is 1. The number of aliphatic hydroxyl groups is 1. The second-order valence-electron chi connectivity index (χ2n) is 7.56. The van der Waals surface area contributed by atoms with Crippen LogP contribution in [0.25, 0.3) is 10.9 Å². The maximum Gasteiger partial charge on any atom is 0.268 e. The Bertz CT molecular complexity index is 734. The maximum atomic E-state index is 12.9. The molecule has 5 N–H and O–H groups in total. The lowest BCUT2D eigenvalue weighted by molar-refractivity contribution is 0.0938. The number of hydrogen-bond donors (Lipinski definition) is 4. The molecule has 1 unspecified atom stereocenters. The first kappa shape index (κ1) is 18.9. The lowest BCUT2D eigenvalue weighted by Crippen LogP contribution is -2.39. The third kappa shape index (κ3) is 4.27. The SMILES string of the molecule is CCC(O)C[C@H](N)CNC(=O)c1[nH]c2ccccc2c1C1CCCCC1. The molecule has 1 aromatic heterocycles. The summed E-state index contributed by atoms with van der Waals surface area (Å²) in [5, 5.41) is 13.8. The van der Waals surface area contributed by atoms with Crippen LogP contribution >= 0.6 is 0 Å². The highest BCUT2D eigenvalue weighted by molar-refractivity contribution is 6.01. The molecule has 0 saturated heterocycles. The van der Waals surface area contributed by atoms with Gasteiger partial charge >= 0.3 is 0 Å². The Kier molecular flexibility index (Phi) is 6.33. The molecule has 142 valence electrons. The molecule has 1 amide bonds. The van der Waals surface area contributed by atoms with Crippen LogP contribution in [0.5, 0.6) is 0 Å². The van der Waals surface area contributed by atoms with Gasteiger partial charge in [0.15, 0.2) is 0 Å². The summed E-state index contributed by atoms with van der Waals surface area (Å²) < 4.78 is 0. The molecule has 1 aromatic carbocycles. The number of aliphatic hydroxyl groups excluding tert-OH is 1. The number of hydrogen-bond acceptors (Lipinski definition) is 3. The van der Waals surface area contributed by atoms with Crippen molar-refractivity contribution in [3.63, 3.8) is 0 Å². The average Bonchev–Trinajstić information content (AvgIpc) is 3.06. The zero-order valence-corrected chi connectivity index (χ0v) is 15.6. The van der Waals surface area contributed by atoms with Crippen molar-refractivity contribution in [2.45, 2.75) is 69.9 Å². The van der Waals surface area contributed by atoms with Gasteiger partial charge in [-0.3, -0.25) is 4.79 Å². The van der Waals surface area contributed by atoms with Crippen molar-refractivity contribution >= 4 is 16.8 Å². The zero-order valence-electron chi connectivity index (χ0n) is 15.6. The molecule has 1 fully saturated rings. The highest BCUT2D eigenvalue weighted by Gasteiger charge is 2.26. The van der Waals surface area contributed by atoms with Crippen molar-refractivity contribution in [1.29, 1.82) is 0 Å². The summed E-state index contributed by atoms with van der Waals surface area (Å²) in [5.74, 6) is 0.347.